The van der Waals surface area contributed by atoms with Crippen LogP contribution < -0.4 is 4.74 Å². The minimum Gasteiger partial charge on any atom is -0.451 e. The molecule has 0 aliphatic carbocycles. The van der Waals surface area contributed by atoms with E-state index in [0.717, 1.165) is 24.4 Å². The summed E-state index contributed by atoms with van der Waals surface area (Å²) in [5.74, 6) is -5.02. The van der Waals surface area contributed by atoms with Gasteiger partial charge in [-0.05, 0) is 71.4 Å². The lowest BCUT2D eigenvalue weighted by atomic mass is 9.97. The van der Waals surface area contributed by atoms with Crippen molar-refractivity contribution in [1.82, 2.24) is 19.2 Å². The molecule has 3 aromatic carbocycles. The molecule has 0 bridgehead atoms. The topological polar surface area (TPSA) is 80.0 Å². The van der Waals surface area contributed by atoms with Crippen molar-refractivity contribution < 1.29 is 45.8 Å². The van der Waals surface area contributed by atoms with Crippen LogP contribution in [0.3, 0.4) is 0 Å². The largest absolute Gasteiger partial charge is 0.451 e. The highest BCUT2D eigenvalue weighted by Crippen LogP contribution is 2.41. The van der Waals surface area contributed by atoms with Crippen LogP contribution in [0.1, 0.15) is 63.3 Å². The van der Waals surface area contributed by atoms with E-state index < -0.39 is 58.6 Å². The van der Waals surface area contributed by atoms with E-state index in [1.807, 2.05) is 0 Å². The molecule has 2 unspecified atom stereocenters. The van der Waals surface area contributed by atoms with Gasteiger partial charge in [-0.3, -0.25) is 4.90 Å². The van der Waals surface area contributed by atoms with Crippen molar-refractivity contribution in [3.05, 3.63) is 101 Å². The Morgan fingerprint density at radius 2 is 1.79 bits per heavy atom. The van der Waals surface area contributed by atoms with Gasteiger partial charge in [0, 0.05) is 54.0 Å². The zero-order chi connectivity index (χ0) is 37.3. The van der Waals surface area contributed by atoms with Crippen molar-refractivity contribution in [3.63, 3.8) is 0 Å². The SMILES string of the molecule is Cc1c(-c2cc(Oc3c(F)cc4c(ccn4F)c3F)ccc2F)nc2n1CCN(C(=O)OC(C)(C)C)C2c1cccc(CC2COC(C)(C)O2)c1F. The lowest BCUT2D eigenvalue weighted by Gasteiger charge is -2.37. The van der Waals surface area contributed by atoms with E-state index >= 15 is 13.2 Å². The molecule has 5 aromatic rings. The summed E-state index contributed by atoms with van der Waals surface area (Å²) in [6.45, 7) is 11.1. The molecule has 1 saturated heterocycles. The molecule has 2 atom stereocenters. The minimum atomic E-state index is -1.16. The number of aromatic nitrogens is 3. The van der Waals surface area contributed by atoms with Gasteiger partial charge in [0.15, 0.2) is 23.2 Å². The smallest absolute Gasteiger partial charge is 0.411 e. The molecule has 7 rings (SSSR count). The van der Waals surface area contributed by atoms with Crippen LogP contribution in [0.5, 0.6) is 11.5 Å². The normalized spacial score (nSPS) is 18.6. The standard InChI is InChI=1S/C38H37F5N4O5/c1-20-32(26-17-22(10-11-27(26)39)50-34-28(40)18-29-24(31(34)42)12-13-47(29)43)44-35-33(46(15-14-45(20)35)36(48)52-37(2,3)4)25-9-7-8-21(30(25)41)16-23-19-49-38(5,6)51-23/h7-13,17-18,23,33H,14-16,19H2,1-6H3. The fourth-order valence-corrected chi connectivity index (χ4v) is 6.80. The highest BCUT2D eigenvalue weighted by atomic mass is 19.2. The maximum Gasteiger partial charge on any atom is 0.411 e. The fraction of sp³-hybridized carbons (Fsp3) is 0.368. The van der Waals surface area contributed by atoms with Crippen molar-refractivity contribution >= 4 is 17.0 Å². The van der Waals surface area contributed by atoms with Crippen LogP contribution in [0.4, 0.5) is 26.8 Å². The van der Waals surface area contributed by atoms with Gasteiger partial charge in [0.1, 0.15) is 34.9 Å². The van der Waals surface area contributed by atoms with Gasteiger partial charge in [-0.1, -0.05) is 22.7 Å². The highest BCUT2D eigenvalue weighted by molar-refractivity contribution is 5.82. The number of rotatable bonds is 6. The molecule has 4 heterocycles. The molecule has 2 aromatic heterocycles. The maximum atomic E-state index is 16.6. The zero-order valence-corrected chi connectivity index (χ0v) is 29.4. The van der Waals surface area contributed by atoms with E-state index in [9.17, 15) is 13.7 Å². The van der Waals surface area contributed by atoms with Gasteiger partial charge < -0.3 is 23.5 Å². The average molecular weight is 725 g/mol. The molecule has 0 spiro atoms. The van der Waals surface area contributed by atoms with Crippen LogP contribution in [0.15, 0.2) is 54.7 Å². The number of fused-ring (bicyclic) bond motifs is 2. The number of benzene rings is 3. The monoisotopic (exact) mass is 724 g/mol. The number of imidazole rings is 1. The maximum absolute atomic E-state index is 16.6. The molecule has 1 amide bonds. The number of nitrogens with zero attached hydrogens (tertiary/aromatic N) is 4. The summed E-state index contributed by atoms with van der Waals surface area (Å²) in [4.78, 5) is 20.0. The summed E-state index contributed by atoms with van der Waals surface area (Å²) in [6, 6.07) is 9.28. The second-order valence-corrected chi connectivity index (χ2v) is 14.4. The van der Waals surface area contributed by atoms with Gasteiger partial charge in [0.05, 0.1) is 23.9 Å². The Bertz CT molecular complexity index is 2210. The Morgan fingerprint density at radius 3 is 2.50 bits per heavy atom. The molecule has 0 N–H and O–H groups in total. The number of ether oxygens (including phenoxy) is 4. The van der Waals surface area contributed by atoms with Crippen LogP contribution in [0.25, 0.3) is 22.2 Å². The van der Waals surface area contributed by atoms with E-state index in [4.69, 9.17) is 23.9 Å². The molecule has 14 heteroatoms. The number of hydrogen-bond donors (Lipinski definition) is 0. The highest BCUT2D eigenvalue weighted by Gasteiger charge is 2.40. The van der Waals surface area contributed by atoms with Crippen molar-refractivity contribution in [2.24, 2.45) is 0 Å². The Kier molecular flexibility index (Phi) is 8.81. The number of amides is 1. The molecule has 9 nitrogen and oxygen atoms in total. The van der Waals surface area contributed by atoms with Crippen LogP contribution >= 0.6 is 0 Å². The van der Waals surface area contributed by atoms with Gasteiger partial charge in [-0.2, -0.15) is 4.79 Å². The van der Waals surface area contributed by atoms with Crippen LogP contribution in [-0.2, 0) is 27.2 Å². The van der Waals surface area contributed by atoms with Gasteiger partial charge in [0.25, 0.3) is 0 Å². The molecule has 2 aliphatic rings. The summed E-state index contributed by atoms with van der Waals surface area (Å²) in [5.41, 5.74) is -0.0841. The summed E-state index contributed by atoms with van der Waals surface area (Å²) in [6.07, 6.45) is 0.0767. The number of halogens is 5. The third-order valence-electron chi connectivity index (χ3n) is 9.12. The van der Waals surface area contributed by atoms with Gasteiger partial charge in [0.2, 0.25) is 0 Å². The minimum absolute atomic E-state index is 0.0634. The molecule has 0 radical (unpaired) electrons. The summed E-state index contributed by atoms with van der Waals surface area (Å²) in [5, 5.41) is -0.205. The Balaban J connectivity index is 1.29. The van der Waals surface area contributed by atoms with E-state index in [2.05, 4.69) is 0 Å². The van der Waals surface area contributed by atoms with Crippen molar-refractivity contribution in [2.75, 3.05) is 13.2 Å². The second-order valence-electron chi connectivity index (χ2n) is 14.4. The first kappa shape index (κ1) is 35.5. The number of carbonyl (C=O) groups is 1. The van der Waals surface area contributed by atoms with E-state index in [-0.39, 0.29) is 70.2 Å². The summed E-state index contributed by atoms with van der Waals surface area (Å²) < 4.78 is 101. The average Bonchev–Trinajstić information content (AvgIpc) is 3.73. The van der Waals surface area contributed by atoms with Crippen LogP contribution in [0.2, 0.25) is 0 Å². The number of hydrogen-bond acceptors (Lipinski definition) is 6. The first-order valence-corrected chi connectivity index (χ1v) is 16.8. The quantitative estimate of drug-likeness (QED) is 0.163. The van der Waals surface area contributed by atoms with Crippen LogP contribution in [0, 0.1) is 30.2 Å². The van der Waals surface area contributed by atoms with E-state index in [1.54, 1.807) is 64.3 Å². The molecule has 1 fully saturated rings. The lowest BCUT2D eigenvalue weighted by molar-refractivity contribution is -0.138. The molecular weight excluding hydrogens is 687 g/mol. The first-order valence-electron chi connectivity index (χ1n) is 16.8. The Morgan fingerprint density at radius 1 is 1.02 bits per heavy atom. The van der Waals surface area contributed by atoms with E-state index in [0.29, 0.717) is 11.3 Å². The third-order valence-corrected chi connectivity index (χ3v) is 9.12. The van der Waals surface area contributed by atoms with Gasteiger partial charge in [-0.15, -0.1) is 0 Å². The van der Waals surface area contributed by atoms with Crippen molar-refractivity contribution in [3.8, 4) is 22.8 Å². The van der Waals surface area contributed by atoms with Gasteiger partial charge >= 0.3 is 6.09 Å². The zero-order valence-electron chi connectivity index (χ0n) is 29.4. The molecule has 0 saturated carbocycles. The summed E-state index contributed by atoms with van der Waals surface area (Å²) in [7, 11) is 0. The lowest BCUT2D eigenvalue weighted by Crippen LogP contribution is -2.45. The second kappa shape index (κ2) is 12.9. The van der Waals surface area contributed by atoms with Crippen LogP contribution in [-0.4, -0.2) is 56.0 Å². The number of carbonyl (C=O) groups excluding carboxylic acids is 1. The van der Waals surface area contributed by atoms with Crippen molar-refractivity contribution in [1.29, 1.82) is 0 Å². The predicted molar refractivity (Wildman–Crippen MR) is 181 cm³/mol. The molecule has 52 heavy (non-hydrogen) atoms. The predicted octanol–water partition coefficient (Wildman–Crippen LogP) is 8.93. The van der Waals surface area contributed by atoms with Crippen molar-refractivity contribution in [2.45, 2.75) is 78.0 Å². The van der Waals surface area contributed by atoms with Gasteiger partial charge in [-0.25, -0.2) is 27.3 Å². The Labute approximate surface area is 296 Å². The first-order chi connectivity index (χ1) is 24.5. The Hall–Kier alpha value is -4.95. The molecular formula is C38H37F5N4O5. The molecule has 274 valence electrons. The molecule has 2 aliphatic heterocycles. The summed E-state index contributed by atoms with van der Waals surface area (Å²) >= 11 is 0. The third kappa shape index (κ3) is 6.49. The fourth-order valence-electron chi connectivity index (χ4n) is 6.80. The van der Waals surface area contributed by atoms with E-state index in [1.165, 1.54) is 17.0 Å².